The molecule has 0 saturated carbocycles. The first-order valence-electron chi connectivity index (χ1n) is 8.25. The fraction of sp³-hybridized carbons (Fsp3) is 0.211. The number of nitriles is 1. The molecule has 0 amide bonds. The predicted molar refractivity (Wildman–Crippen MR) is 94.1 cm³/mol. The Balaban J connectivity index is 1.77. The van der Waals surface area contributed by atoms with E-state index in [2.05, 4.69) is 16.2 Å². The van der Waals surface area contributed by atoms with Gasteiger partial charge >= 0.3 is 0 Å². The number of ether oxygens (including phenoxy) is 1. The van der Waals surface area contributed by atoms with Gasteiger partial charge in [-0.2, -0.15) is 10.4 Å². The maximum absolute atomic E-state index is 14.0. The zero-order valence-electron chi connectivity index (χ0n) is 13.9. The summed E-state index contributed by atoms with van der Waals surface area (Å²) in [5.74, 6) is -0.0564. The largest absolute Gasteiger partial charge is 0.383 e. The fourth-order valence-electron chi connectivity index (χ4n) is 3.18. The van der Waals surface area contributed by atoms with E-state index in [4.69, 9.17) is 10.5 Å². The SMILES string of the molecule is N#Cc1c([C@H]2CCOC2)cc(-c2cnn(-c3ccccc3F)c2)nc1N. The molecule has 0 radical (unpaired) electrons. The van der Waals surface area contributed by atoms with Crippen molar-refractivity contribution in [3.63, 3.8) is 0 Å². The molecule has 0 unspecified atom stereocenters. The zero-order chi connectivity index (χ0) is 18.1. The molecule has 3 heterocycles. The normalized spacial score (nSPS) is 16.5. The first kappa shape index (κ1) is 16.2. The highest BCUT2D eigenvalue weighted by Crippen LogP contribution is 2.33. The minimum absolute atomic E-state index is 0.121. The topological polar surface area (TPSA) is 89.8 Å². The number of nitrogens with zero attached hydrogens (tertiary/aromatic N) is 4. The minimum Gasteiger partial charge on any atom is -0.383 e. The van der Waals surface area contributed by atoms with Crippen molar-refractivity contribution >= 4 is 5.82 Å². The lowest BCUT2D eigenvalue weighted by molar-refractivity contribution is 0.194. The van der Waals surface area contributed by atoms with Gasteiger partial charge in [0.2, 0.25) is 0 Å². The minimum atomic E-state index is -0.363. The number of pyridine rings is 1. The van der Waals surface area contributed by atoms with E-state index in [1.165, 1.54) is 10.7 Å². The van der Waals surface area contributed by atoms with Gasteiger partial charge in [-0.25, -0.2) is 14.1 Å². The van der Waals surface area contributed by atoms with Gasteiger partial charge in [0.05, 0.1) is 24.1 Å². The highest BCUT2D eigenvalue weighted by molar-refractivity contribution is 5.66. The van der Waals surface area contributed by atoms with Crippen LogP contribution in [-0.4, -0.2) is 28.0 Å². The number of benzene rings is 1. The van der Waals surface area contributed by atoms with Crippen molar-refractivity contribution in [3.05, 3.63) is 59.7 Å². The van der Waals surface area contributed by atoms with Gasteiger partial charge in [-0.15, -0.1) is 0 Å². The van der Waals surface area contributed by atoms with Gasteiger partial charge in [-0.05, 0) is 30.2 Å². The lowest BCUT2D eigenvalue weighted by atomic mass is 9.93. The molecule has 7 heteroatoms. The van der Waals surface area contributed by atoms with Gasteiger partial charge in [0.15, 0.2) is 0 Å². The summed E-state index contributed by atoms with van der Waals surface area (Å²) in [7, 11) is 0. The molecule has 4 rings (SSSR count). The van der Waals surface area contributed by atoms with E-state index in [0.29, 0.717) is 35.7 Å². The number of aromatic nitrogens is 3. The van der Waals surface area contributed by atoms with E-state index >= 15 is 0 Å². The van der Waals surface area contributed by atoms with Crippen molar-refractivity contribution in [1.29, 1.82) is 5.26 Å². The van der Waals surface area contributed by atoms with Crippen LogP contribution in [-0.2, 0) is 4.74 Å². The summed E-state index contributed by atoms with van der Waals surface area (Å²) < 4.78 is 20.9. The Hall–Kier alpha value is -3.24. The maximum Gasteiger partial charge on any atom is 0.148 e. The number of hydrogen-bond donors (Lipinski definition) is 1. The van der Waals surface area contributed by atoms with Crippen LogP contribution in [0.1, 0.15) is 23.5 Å². The van der Waals surface area contributed by atoms with Crippen molar-refractivity contribution in [3.8, 4) is 23.0 Å². The second kappa shape index (κ2) is 6.58. The Morgan fingerprint density at radius 2 is 2.19 bits per heavy atom. The van der Waals surface area contributed by atoms with Crippen LogP contribution in [0.2, 0.25) is 0 Å². The van der Waals surface area contributed by atoms with Crippen molar-refractivity contribution in [2.45, 2.75) is 12.3 Å². The molecule has 0 aliphatic carbocycles. The first-order valence-corrected chi connectivity index (χ1v) is 8.25. The quantitative estimate of drug-likeness (QED) is 0.785. The first-order chi connectivity index (χ1) is 12.7. The summed E-state index contributed by atoms with van der Waals surface area (Å²) >= 11 is 0. The molecule has 1 aliphatic rings. The third-order valence-corrected chi connectivity index (χ3v) is 4.54. The van der Waals surface area contributed by atoms with Gasteiger partial charge in [0, 0.05) is 24.3 Å². The molecule has 0 spiro atoms. The van der Waals surface area contributed by atoms with Gasteiger partial charge in [0.1, 0.15) is 23.4 Å². The van der Waals surface area contributed by atoms with Crippen molar-refractivity contribution in [2.75, 3.05) is 18.9 Å². The standard InChI is InChI=1S/C19H16FN5O/c20-16-3-1-2-4-18(16)25-10-13(9-23-25)17-7-14(12-5-6-26-11-12)15(8-21)19(22)24-17/h1-4,7,9-10,12H,5-6,11H2,(H2,22,24)/t12-/m0/s1. The van der Waals surface area contributed by atoms with Crippen LogP contribution in [0, 0.1) is 17.1 Å². The molecule has 130 valence electrons. The van der Waals surface area contributed by atoms with E-state index in [9.17, 15) is 9.65 Å². The Morgan fingerprint density at radius 1 is 1.35 bits per heavy atom. The molecule has 1 fully saturated rings. The second-order valence-electron chi connectivity index (χ2n) is 6.15. The molecule has 1 aliphatic heterocycles. The Kier molecular flexibility index (Phi) is 4.11. The molecule has 6 nitrogen and oxygen atoms in total. The molecular formula is C19H16FN5O. The fourth-order valence-corrected chi connectivity index (χ4v) is 3.18. The molecule has 1 atom stereocenters. The van der Waals surface area contributed by atoms with Crippen LogP contribution in [0.15, 0.2) is 42.7 Å². The van der Waals surface area contributed by atoms with Crippen molar-refractivity contribution in [2.24, 2.45) is 0 Å². The average Bonchev–Trinajstić information content (AvgIpc) is 3.33. The summed E-state index contributed by atoms with van der Waals surface area (Å²) in [4.78, 5) is 4.34. The van der Waals surface area contributed by atoms with Crippen LogP contribution in [0.3, 0.4) is 0 Å². The Morgan fingerprint density at radius 3 is 2.92 bits per heavy atom. The summed E-state index contributed by atoms with van der Waals surface area (Å²) in [6, 6.07) is 10.4. The van der Waals surface area contributed by atoms with E-state index in [0.717, 1.165) is 12.0 Å². The molecule has 0 bridgehead atoms. The summed E-state index contributed by atoms with van der Waals surface area (Å²) in [5.41, 5.74) is 8.90. The smallest absolute Gasteiger partial charge is 0.148 e. The van der Waals surface area contributed by atoms with Crippen LogP contribution in [0.4, 0.5) is 10.2 Å². The maximum atomic E-state index is 14.0. The zero-order valence-corrected chi connectivity index (χ0v) is 13.9. The van der Waals surface area contributed by atoms with Crippen LogP contribution in [0.5, 0.6) is 0 Å². The third kappa shape index (κ3) is 2.80. The van der Waals surface area contributed by atoms with Gasteiger partial charge in [0.25, 0.3) is 0 Å². The van der Waals surface area contributed by atoms with Crippen LogP contribution < -0.4 is 5.73 Å². The molecule has 2 aromatic heterocycles. The van der Waals surface area contributed by atoms with Gasteiger partial charge in [-0.1, -0.05) is 12.1 Å². The van der Waals surface area contributed by atoms with Crippen LogP contribution >= 0.6 is 0 Å². The summed E-state index contributed by atoms with van der Waals surface area (Å²) in [6.45, 7) is 1.23. The van der Waals surface area contributed by atoms with E-state index in [-0.39, 0.29) is 17.6 Å². The molecular weight excluding hydrogens is 333 g/mol. The van der Waals surface area contributed by atoms with E-state index < -0.39 is 0 Å². The van der Waals surface area contributed by atoms with E-state index in [1.807, 2.05) is 6.07 Å². The highest BCUT2D eigenvalue weighted by atomic mass is 19.1. The third-order valence-electron chi connectivity index (χ3n) is 4.54. The predicted octanol–water partition coefficient (Wildman–Crippen LogP) is 3.03. The molecule has 26 heavy (non-hydrogen) atoms. The molecule has 2 N–H and O–H groups in total. The van der Waals surface area contributed by atoms with Crippen LogP contribution in [0.25, 0.3) is 16.9 Å². The molecule has 3 aromatic rings. The number of para-hydroxylation sites is 1. The lowest BCUT2D eigenvalue weighted by Crippen LogP contribution is -2.06. The van der Waals surface area contributed by atoms with Gasteiger partial charge in [-0.3, -0.25) is 0 Å². The Bertz CT molecular complexity index is 1000. The highest BCUT2D eigenvalue weighted by Gasteiger charge is 2.24. The molecule has 1 saturated heterocycles. The second-order valence-corrected chi connectivity index (χ2v) is 6.15. The number of nitrogens with two attached hydrogens (primary N) is 1. The number of anilines is 1. The van der Waals surface area contributed by atoms with Gasteiger partial charge < -0.3 is 10.5 Å². The van der Waals surface area contributed by atoms with E-state index in [1.54, 1.807) is 30.6 Å². The number of halogens is 1. The van der Waals surface area contributed by atoms with Crippen molar-refractivity contribution < 1.29 is 9.13 Å². The monoisotopic (exact) mass is 349 g/mol. The number of nitrogen functional groups attached to an aromatic ring is 1. The number of rotatable bonds is 3. The molecule has 1 aromatic carbocycles. The summed E-state index contributed by atoms with van der Waals surface area (Å²) in [5, 5.41) is 13.7. The lowest BCUT2D eigenvalue weighted by Gasteiger charge is -2.13. The van der Waals surface area contributed by atoms with Crippen molar-refractivity contribution in [1.82, 2.24) is 14.8 Å². The number of hydrogen-bond acceptors (Lipinski definition) is 5. The summed E-state index contributed by atoms with van der Waals surface area (Å²) in [6.07, 6.45) is 4.14. The average molecular weight is 349 g/mol. The Labute approximate surface area is 149 Å².